The van der Waals surface area contributed by atoms with Gasteiger partial charge in [0.05, 0.1) is 16.0 Å². The number of carbonyl (C=O) groups is 1. The van der Waals surface area contributed by atoms with Crippen LogP contribution in [0.4, 0.5) is 5.69 Å². The molecule has 0 amide bonds. The molecule has 132 valence electrons. The molecule has 2 N–H and O–H groups in total. The number of nitrogen functional groups attached to an aromatic ring is 1. The van der Waals surface area contributed by atoms with Crippen LogP contribution in [0.25, 0.3) is 20.8 Å². The van der Waals surface area contributed by atoms with E-state index in [9.17, 15) is 9.35 Å². The van der Waals surface area contributed by atoms with E-state index in [-0.39, 0.29) is 12.4 Å². The number of anilines is 1. The monoisotopic (exact) mass is 394 g/mol. The second kappa shape index (κ2) is 7.84. The van der Waals surface area contributed by atoms with Crippen molar-refractivity contribution < 1.29 is 14.1 Å². The minimum Gasteiger partial charge on any atom is -0.611 e. The average Bonchev–Trinajstić information content (AvgIpc) is 3.23. The lowest BCUT2D eigenvalue weighted by Gasteiger charge is -2.08. The molecular formula is C17H18N2O3S3. The predicted molar refractivity (Wildman–Crippen MR) is 105 cm³/mol. The molecule has 8 heteroatoms. The molecule has 5 nitrogen and oxygen atoms in total. The molecule has 0 aliphatic carbocycles. The molecule has 0 saturated carbocycles. The molecular weight excluding hydrogens is 376 g/mol. The quantitative estimate of drug-likeness (QED) is 0.484. The number of rotatable bonds is 7. The zero-order valence-corrected chi connectivity index (χ0v) is 16.4. The number of hydrogen-bond acceptors (Lipinski definition) is 7. The Kier molecular flexibility index (Phi) is 5.75. The molecule has 0 bridgehead atoms. The summed E-state index contributed by atoms with van der Waals surface area (Å²) in [5.41, 5.74) is 7.85. The van der Waals surface area contributed by atoms with Crippen LogP contribution in [0, 0.1) is 0 Å². The van der Waals surface area contributed by atoms with Gasteiger partial charge in [-0.05, 0) is 35.1 Å². The number of hydrogen-bond donors (Lipinski definition) is 1. The van der Waals surface area contributed by atoms with Crippen molar-refractivity contribution in [2.75, 3.05) is 25.2 Å². The van der Waals surface area contributed by atoms with Crippen molar-refractivity contribution >= 4 is 55.5 Å². The van der Waals surface area contributed by atoms with Gasteiger partial charge in [-0.1, -0.05) is 24.3 Å². The Hall–Kier alpha value is -1.45. The molecule has 0 fully saturated rings. The highest BCUT2D eigenvalue weighted by atomic mass is 32.2. The lowest BCUT2D eigenvalue weighted by molar-refractivity contribution is 0.0850. The van der Waals surface area contributed by atoms with Gasteiger partial charge in [0.1, 0.15) is 22.9 Å². The molecule has 0 spiro atoms. The topological polar surface area (TPSA) is 88.3 Å². The highest BCUT2D eigenvalue weighted by molar-refractivity contribution is 7.93. The summed E-state index contributed by atoms with van der Waals surface area (Å²) >= 11 is 1.68. The van der Waals surface area contributed by atoms with E-state index in [2.05, 4.69) is 4.98 Å². The van der Waals surface area contributed by atoms with Gasteiger partial charge in [-0.15, -0.1) is 11.3 Å². The fourth-order valence-corrected chi connectivity index (χ4v) is 5.83. The molecule has 0 aliphatic heterocycles. The van der Waals surface area contributed by atoms with E-state index >= 15 is 0 Å². The fourth-order valence-electron chi connectivity index (χ4n) is 2.53. The Labute approximate surface area is 157 Å². The highest BCUT2D eigenvalue weighted by Crippen LogP contribution is 2.40. The number of carbonyl (C=O) groups excluding carboxylic acids is 1. The number of nitrogens with zero attached hydrogens (tertiary/aromatic N) is 1. The normalized spacial score (nSPS) is 12.6. The van der Waals surface area contributed by atoms with E-state index in [0.29, 0.717) is 31.4 Å². The molecule has 0 saturated heterocycles. The zero-order valence-electron chi connectivity index (χ0n) is 13.9. The molecule has 1 atom stereocenters. The number of fused-ring (bicyclic) bond motifs is 1. The minimum atomic E-state index is -1.18. The van der Waals surface area contributed by atoms with Gasteiger partial charge < -0.3 is 15.0 Å². The Bertz CT molecular complexity index is 890. The summed E-state index contributed by atoms with van der Waals surface area (Å²) in [7, 11) is 1.48. The van der Waals surface area contributed by atoms with Crippen molar-refractivity contribution in [3.05, 3.63) is 29.1 Å². The van der Waals surface area contributed by atoms with Gasteiger partial charge >= 0.3 is 0 Å². The summed E-state index contributed by atoms with van der Waals surface area (Å²) in [6.45, 7) is 1.94. The van der Waals surface area contributed by atoms with Crippen LogP contribution in [-0.2, 0) is 15.9 Å². The van der Waals surface area contributed by atoms with Gasteiger partial charge in [-0.3, -0.25) is 4.79 Å². The first-order chi connectivity index (χ1) is 12.1. The Morgan fingerprint density at radius 2 is 2.28 bits per heavy atom. The Morgan fingerprint density at radius 1 is 1.48 bits per heavy atom. The maximum absolute atomic E-state index is 12.6. The number of ketones is 1. The SMILES string of the molecule is CCC[S+]([O-])c1sc2nc(-c3cccs3)cc(C(=O)COC)c2c1N. The van der Waals surface area contributed by atoms with Crippen molar-refractivity contribution in [2.45, 2.75) is 17.6 Å². The van der Waals surface area contributed by atoms with E-state index in [4.69, 9.17) is 10.5 Å². The lowest BCUT2D eigenvalue weighted by atomic mass is 10.1. The number of Topliss-reactive ketones (excluding diaryl/α,β-unsaturated/α-hetero) is 1. The van der Waals surface area contributed by atoms with Gasteiger partial charge in [-0.25, -0.2) is 4.98 Å². The number of ether oxygens (including phenoxy) is 1. The van der Waals surface area contributed by atoms with Gasteiger partial charge in [0.15, 0.2) is 5.78 Å². The molecule has 25 heavy (non-hydrogen) atoms. The molecule has 3 rings (SSSR count). The minimum absolute atomic E-state index is 0.0360. The van der Waals surface area contributed by atoms with Crippen LogP contribution in [0.15, 0.2) is 27.8 Å². The van der Waals surface area contributed by atoms with Crippen LogP contribution >= 0.6 is 22.7 Å². The first-order valence-corrected chi connectivity index (χ1v) is 10.8. The van der Waals surface area contributed by atoms with Crippen LogP contribution in [0.2, 0.25) is 0 Å². The molecule has 3 aromatic rings. The fraction of sp³-hybridized carbons (Fsp3) is 0.294. The van der Waals surface area contributed by atoms with Gasteiger partial charge in [0.25, 0.3) is 0 Å². The first-order valence-electron chi connectivity index (χ1n) is 7.74. The Morgan fingerprint density at radius 3 is 2.92 bits per heavy atom. The average molecular weight is 395 g/mol. The van der Waals surface area contributed by atoms with Crippen molar-refractivity contribution in [3.8, 4) is 10.6 Å². The van der Waals surface area contributed by atoms with Gasteiger partial charge in [-0.2, -0.15) is 0 Å². The molecule has 3 heterocycles. The number of nitrogens with two attached hydrogens (primary N) is 1. The smallest absolute Gasteiger partial charge is 0.232 e. The third kappa shape index (κ3) is 3.58. The van der Waals surface area contributed by atoms with Crippen LogP contribution in [0.5, 0.6) is 0 Å². The van der Waals surface area contributed by atoms with E-state index in [1.54, 1.807) is 17.4 Å². The maximum Gasteiger partial charge on any atom is 0.232 e. The van der Waals surface area contributed by atoms with E-state index in [1.807, 2.05) is 24.4 Å². The van der Waals surface area contributed by atoms with Crippen LogP contribution in [0.3, 0.4) is 0 Å². The number of thiophene rings is 2. The standard InChI is InChI=1S/C17H18N2O3S3/c1-3-7-25(21)17-15(18)14-10(12(20)9-22-2)8-11(19-16(14)24-17)13-5-4-6-23-13/h4-6,8H,3,7,9,18H2,1-2H3. The first kappa shape index (κ1) is 18.3. The molecule has 3 aromatic heterocycles. The van der Waals surface area contributed by atoms with Crippen LogP contribution in [-0.4, -0.2) is 34.8 Å². The van der Waals surface area contributed by atoms with Crippen molar-refractivity contribution in [1.29, 1.82) is 0 Å². The van der Waals surface area contributed by atoms with Crippen molar-refractivity contribution in [3.63, 3.8) is 0 Å². The summed E-state index contributed by atoms with van der Waals surface area (Å²) in [6, 6.07) is 5.65. The van der Waals surface area contributed by atoms with Gasteiger partial charge in [0.2, 0.25) is 4.21 Å². The summed E-state index contributed by atoms with van der Waals surface area (Å²) in [5, 5.41) is 2.55. The summed E-state index contributed by atoms with van der Waals surface area (Å²) in [5.74, 6) is 0.376. The van der Waals surface area contributed by atoms with Gasteiger partial charge in [0, 0.05) is 12.7 Å². The molecule has 1 unspecified atom stereocenters. The second-order valence-electron chi connectivity index (χ2n) is 5.42. The zero-order chi connectivity index (χ0) is 18.0. The van der Waals surface area contributed by atoms with Crippen LogP contribution in [0.1, 0.15) is 23.7 Å². The van der Waals surface area contributed by atoms with E-state index in [0.717, 1.165) is 17.0 Å². The third-order valence-electron chi connectivity index (χ3n) is 3.61. The summed E-state index contributed by atoms with van der Waals surface area (Å²) in [4.78, 5) is 18.8. The number of aromatic nitrogens is 1. The highest BCUT2D eigenvalue weighted by Gasteiger charge is 2.26. The summed E-state index contributed by atoms with van der Waals surface area (Å²) in [6.07, 6.45) is 0.795. The van der Waals surface area contributed by atoms with Crippen molar-refractivity contribution in [1.82, 2.24) is 4.98 Å². The van der Waals surface area contributed by atoms with Crippen LogP contribution < -0.4 is 5.73 Å². The molecule has 0 aliphatic rings. The number of methoxy groups -OCH3 is 1. The van der Waals surface area contributed by atoms with E-state index in [1.165, 1.54) is 18.4 Å². The van der Waals surface area contributed by atoms with Crippen molar-refractivity contribution in [2.24, 2.45) is 0 Å². The summed E-state index contributed by atoms with van der Waals surface area (Å²) < 4.78 is 18.1. The number of pyridine rings is 1. The Balaban J connectivity index is 2.22. The largest absolute Gasteiger partial charge is 0.611 e. The van der Waals surface area contributed by atoms with E-state index < -0.39 is 11.2 Å². The third-order valence-corrected chi connectivity index (χ3v) is 7.62. The molecule has 0 aromatic carbocycles. The lowest BCUT2D eigenvalue weighted by Crippen LogP contribution is -2.09. The maximum atomic E-state index is 12.6. The molecule has 0 radical (unpaired) electrons. The predicted octanol–water partition coefficient (Wildman–Crippen LogP) is 3.95. The second-order valence-corrected chi connectivity index (χ2v) is 9.13.